The molecule has 1 aliphatic rings. The van der Waals surface area contributed by atoms with E-state index in [1.807, 2.05) is 12.1 Å². The molecule has 126 valence electrons. The number of rotatable bonds is 7. The Bertz CT molecular complexity index is 672. The molecule has 0 spiro atoms. The van der Waals surface area contributed by atoms with Crippen LogP contribution in [0.5, 0.6) is 0 Å². The lowest BCUT2D eigenvalue weighted by Gasteiger charge is -2.21. The van der Waals surface area contributed by atoms with Crippen molar-refractivity contribution < 1.29 is 4.79 Å². The van der Waals surface area contributed by atoms with Gasteiger partial charge in [-0.3, -0.25) is 9.69 Å². The SMILES string of the molecule is CCc1ccc(NC(=O)CN(Cc2ccc(C)cc2)C2CC2)cc1. The minimum Gasteiger partial charge on any atom is -0.325 e. The summed E-state index contributed by atoms with van der Waals surface area (Å²) in [6.45, 7) is 5.52. The topological polar surface area (TPSA) is 32.3 Å². The Morgan fingerprint density at radius 1 is 1.04 bits per heavy atom. The molecule has 3 rings (SSSR count). The van der Waals surface area contributed by atoms with Crippen LogP contribution in [0.3, 0.4) is 0 Å². The van der Waals surface area contributed by atoms with Crippen molar-refractivity contribution in [2.45, 2.75) is 45.7 Å². The van der Waals surface area contributed by atoms with Crippen LogP contribution in [-0.2, 0) is 17.8 Å². The van der Waals surface area contributed by atoms with Gasteiger partial charge in [-0.15, -0.1) is 0 Å². The fraction of sp³-hybridized carbons (Fsp3) is 0.381. The molecule has 0 unspecified atom stereocenters. The van der Waals surface area contributed by atoms with Crippen molar-refractivity contribution in [1.29, 1.82) is 0 Å². The highest BCUT2D eigenvalue weighted by Crippen LogP contribution is 2.28. The van der Waals surface area contributed by atoms with Crippen LogP contribution in [0.15, 0.2) is 48.5 Å². The summed E-state index contributed by atoms with van der Waals surface area (Å²) < 4.78 is 0. The van der Waals surface area contributed by atoms with E-state index in [2.05, 4.69) is 60.5 Å². The van der Waals surface area contributed by atoms with E-state index in [0.29, 0.717) is 12.6 Å². The van der Waals surface area contributed by atoms with Crippen LogP contribution < -0.4 is 5.32 Å². The summed E-state index contributed by atoms with van der Waals surface area (Å²) >= 11 is 0. The average molecular weight is 322 g/mol. The summed E-state index contributed by atoms with van der Waals surface area (Å²) in [7, 11) is 0. The molecule has 0 aliphatic heterocycles. The van der Waals surface area contributed by atoms with Crippen molar-refractivity contribution in [2.24, 2.45) is 0 Å². The highest BCUT2D eigenvalue weighted by Gasteiger charge is 2.30. The van der Waals surface area contributed by atoms with Crippen LogP contribution in [-0.4, -0.2) is 23.4 Å². The van der Waals surface area contributed by atoms with Crippen LogP contribution in [0.4, 0.5) is 5.69 Å². The molecule has 0 bridgehead atoms. The largest absolute Gasteiger partial charge is 0.325 e. The Kier molecular flexibility index (Phi) is 5.31. The van der Waals surface area contributed by atoms with Crippen LogP contribution in [0.2, 0.25) is 0 Å². The van der Waals surface area contributed by atoms with E-state index in [0.717, 1.165) is 18.7 Å². The molecule has 0 atom stereocenters. The van der Waals surface area contributed by atoms with Gasteiger partial charge < -0.3 is 5.32 Å². The van der Waals surface area contributed by atoms with Crippen molar-refractivity contribution in [1.82, 2.24) is 4.90 Å². The summed E-state index contributed by atoms with van der Waals surface area (Å²) in [5.74, 6) is 0.0678. The van der Waals surface area contributed by atoms with Gasteiger partial charge >= 0.3 is 0 Å². The summed E-state index contributed by atoms with van der Waals surface area (Å²) in [6, 6.07) is 17.3. The second-order valence-electron chi connectivity index (χ2n) is 6.72. The summed E-state index contributed by atoms with van der Waals surface area (Å²) in [4.78, 5) is 14.7. The molecule has 0 saturated heterocycles. The number of aryl methyl sites for hydroxylation is 2. The Balaban J connectivity index is 1.58. The number of carbonyl (C=O) groups excluding carboxylic acids is 1. The molecule has 0 radical (unpaired) electrons. The molecule has 2 aromatic rings. The maximum absolute atomic E-state index is 12.4. The Morgan fingerprint density at radius 3 is 2.25 bits per heavy atom. The van der Waals surface area contributed by atoms with Crippen LogP contribution in [0.25, 0.3) is 0 Å². The minimum absolute atomic E-state index is 0.0678. The van der Waals surface area contributed by atoms with Gasteiger partial charge in [0.25, 0.3) is 0 Å². The zero-order valence-electron chi connectivity index (χ0n) is 14.6. The number of carbonyl (C=O) groups is 1. The fourth-order valence-electron chi connectivity index (χ4n) is 2.89. The first-order valence-electron chi connectivity index (χ1n) is 8.82. The predicted octanol–water partition coefficient (Wildman–Crippen LogP) is 4.16. The molecule has 1 aliphatic carbocycles. The average Bonchev–Trinajstić information content (AvgIpc) is 3.42. The second kappa shape index (κ2) is 7.63. The van der Waals surface area contributed by atoms with E-state index in [9.17, 15) is 4.79 Å². The van der Waals surface area contributed by atoms with E-state index in [1.54, 1.807) is 0 Å². The molecule has 2 aromatic carbocycles. The summed E-state index contributed by atoms with van der Waals surface area (Å²) in [5.41, 5.74) is 4.70. The van der Waals surface area contributed by atoms with Gasteiger partial charge in [0, 0.05) is 18.3 Å². The maximum atomic E-state index is 12.4. The standard InChI is InChI=1S/C21H26N2O/c1-3-17-8-10-19(11-9-17)22-21(24)15-23(20-12-13-20)14-18-6-4-16(2)5-7-18/h4-11,20H,3,12-15H2,1-2H3,(H,22,24). The highest BCUT2D eigenvalue weighted by molar-refractivity contribution is 5.92. The molecule has 1 N–H and O–H groups in total. The monoisotopic (exact) mass is 322 g/mol. The van der Waals surface area contributed by atoms with Gasteiger partial charge in [0.1, 0.15) is 0 Å². The van der Waals surface area contributed by atoms with Gasteiger partial charge in [0.15, 0.2) is 0 Å². The Morgan fingerprint density at radius 2 is 1.67 bits per heavy atom. The number of nitrogens with one attached hydrogen (secondary N) is 1. The molecular formula is C21H26N2O. The third-order valence-corrected chi connectivity index (χ3v) is 4.56. The van der Waals surface area contributed by atoms with E-state index >= 15 is 0 Å². The van der Waals surface area contributed by atoms with Gasteiger partial charge in [-0.1, -0.05) is 48.9 Å². The van der Waals surface area contributed by atoms with Gasteiger partial charge in [0.05, 0.1) is 6.54 Å². The maximum Gasteiger partial charge on any atom is 0.238 e. The van der Waals surface area contributed by atoms with Crippen molar-refractivity contribution in [3.05, 3.63) is 65.2 Å². The number of anilines is 1. The first-order chi connectivity index (χ1) is 11.6. The summed E-state index contributed by atoms with van der Waals surface area (Å²) in [6.07, 6.45) is 3.41. The minimum atomic E-state index is 0.0678. The first-order valence-corrected chi connectivity index (χ1v) is 8.82. The molecular weight excluding hydrogens is 296 g/mol. The highest BCUT2D eigenvalue weighted by atomic mass is 16.2. The quantitative estimate of drug-likeness (QED) is 0.830. The second-order valence-corrected chi connectivity index (χ2v) is 6.72. The van der Waals surface area contributed by atoms with Crippen LogP contribution in [0.1, 0.15) is 36.5 Å². The molecule has 0 heterocycles. The Labute approximate surface area is 144 Å². The van der Waals surface area contributed by atoms with Crippen molar-refractivity contribution >= 4 is 11.6 Å². The lowest BCUT2D eigenvalue weighted by Crippen LogP contribution is -2.34. The zero-order chi connectivity index (χ0) is 16.9. The summed E-state index contributed by atoms with van der Waals surface area (Å²) in [5, 5.41) is 3.02. The normalized spacial score (nSPS) is 14.0. The van der Waals surface area contributed by atoms with Crippen molar-refractivity contribution in [3.63, 3.8) is 0 Å². The third kappa shape index (κ3) is 4.68. The van der Waals surface area contributed by atoms with Gasteiger partial charge in [0.2, 0.25) is 5.91 Å². The first kappa shape index (κ1) is 16.7. The lowest BCUT2D eigenvalue weighted by molar-refractivity contribution is -0.117. The van der Waals surface area contributed by atoms with E-state index in [-0.39, 0.29) is 5.91 Å². The number of hydrogen-bond donors (Lipinski definition) is 1. The molecule has 0 aromatic heterocycles. The molecule has 24 heavy (non-hydrogen) atoms. The fourth-order valence-corrected chi connectivity index (χ4v) is 2.89. The predicted molar refractivity (Wildman–Crippen MR) is 99.1 cm³/mol. The van der Waals surface area contributed by atoms with Crippen molar-refractivity contribution in [3.8, 4) is 0 Å². The molecule has 3 nitrogen and oxygen atoms in total. The van der Waals surface area contributed by atoms with Crippen LogP contribution >= 0.6 is 0 Å². The molecule has 1 amide bonds. The Hall–Kier alpha value is -2.13. The smallest absolute Gasteiger partial charge is 0.238 e. The van der Waals surface area contributed by atoms with Crippen molar-refractivity contribution in [2.75, 3.05) is 11.9 Å². The number of amides is 1. The number of hydrogen-bond acceptors (Lipinski definition) is 2. The van der Waals surface area contributed by atoms with Crippen LogP contribution in [0, 0.1) is 6.92 Å². The van der Waals surface area contributed by atoms with E-state index < -0.39 is 0 Å². The molecule has 1 fully saturated rings. The molecule has 3 heteroatoms. The van der Waals surface area contributed by atoms with E-state index in [4.69, 9.17) is 0 Å². The van der Waals surface area contributed by atoms with Gasteiger partial charge in [-0.25, -0.2) is 0 Å². The number of benzene rings is 2. The number of nitrogens with zero attached hydrogens (tertiary/aromatic N) is 1. The zero-order valence-corrected chi connectivity index (χ0v) is 14.6. The molecule has 1 saturated carbocycles. The van der Waals surface area contributed by atoms with Gasteiger partial charge in [-0.05, 0) is 49.4 Å². The van der Waals surface area contributed by atoms with E-state index in [1.165, 1.54) is 29.5 Å². The lowest BCUT2D eigenvalue weighted by atomic mass is 10.1. The van der Waals surface area contributed by atoms with Gasteiger partial charge in [-0.2, -0.15) is 0 Å². The third-order valence-electron chi connectivity index (χ3n) is 4.56.